The Bertz CT molecular complexity index is 1060. The van der Waals surface area contributed by atoms with Gasteiger partial charge in [-0.1, -0.05) is 12.1 Å². The number of nitrogens with one attached hydrogen (secondary N) is 1. The number of carbonyl (C=O) groups is 1. The molecule has 1 amide bonds. The second-order valence-corrected chi connectivity index (χ2v) is 7.62. The summed E-state index contributed by atoms with van der Waals surface area (Å²) >= 11 is 0. The van der Waals surface area contributed by atoms with E-state index in [4.69, 9.17) is 10.5 Å². The van der Waals surface area contributed by atoms with Gasteiger partial charge in [-0.2, -0.15) is 0 Å². The molecule has 0 spiro atoms. The first kappa shape index (κ1) is 19.5. The van der Waals surface area contributed by atoms with Gasteiger partial charge in [0.15, 0.2) is 0 Å². The molecule has 0 radical (unpaired) electrons. The van der Waals surface area contributed by atoms with Crippen LogP contribution in [-0.4, -0.2) is 34.7 Å². The van der Waals surface area contributed by atoms with E-state index < -0.39 is 6.04 Å². The van der Waals surface area contributed by atoms with Crippen molar-refractivity contribution >= 4 is 22.6 Å². The normalized spacial score (nSPS) is 16.1. The molecule has 3 N–H and O–H groups in total. The highest BCUT2D eigenvalue weighted by Crippen LogP contribution is 2.28. The van der Waals surface area contributed by atoms with E-state index in [-0.39, 0.29) is 17.6 Å². The minimum absolute atomic E-state index is 0.127. The van der Waals surface area contributed by atoms with Crippen LogP contribution in [-0.2, 0) is 16.6 Å². The van der Waals surface area contributed by atoms with E-state index in [0.29, 0.717) is 30.2 Å². The van der Waals surface area contributed by atoms with Crippen molar-refractivity contribution in [3.63, 3.8) is 0 Å². The van der Waals surface area contributed by atoms with Crippen LogP contribution in [0.15, 0.2) is 36.4 Å². The molecule has 29 heavy (non-hydrogen) atoms. The molecule has 1 aliphatic rings. The first-order valence-corrected chi connectivity index (χ1v) is 9.81. The van der Waals surface area contributed by atoms with Crippen LogP contribution in [0.2, 0.25) is 0 Å². The number of rotatable bonds is 4. The number of benzene rings is 2. The van der Waals surface area contributed by atoms with Crippen molar-refractivity contribution in [2.75, 3.05) is 18.5 Å². The number of imidazole rings is 1. The van der Waals surface area contributed by atoms with Gasteiger partial charge in [0.2, 0.25) is 5.91 Å². The van der Waals surface area contributed by atoms with Crippen LogP contribution in [0.25, 0.3) is 22.4 Å². The average Bonchev–Trinajstić information content (AvgIpc) is 3.05. The van der Waals surface area contributed by atoms with Crippen molar-refractivity contribution in [1.29, 1.82) is 0 Å². The van der Waals surface area contributed by atoms with Crippen LogP contribution in [0.3, 0.4) is 0 Å². The van der Waals surface area contributed by atoms with Crippen molar-refractivity contribution in [3.05, 3.63) is 47.8 Å². The second kappa shape index (κ2) is 7.93. The maximum atomic E-state index is 13.6. The Kier molecular flexibility index (Phi) is 5.34. The van der Waals surface area contributed by atoms with Gasteiger partial charge in [-0.15, -0.1) is 0 Å². The third-order valence-corrected chi connectivity index (χ3v) is 5.67. The van der Waals surface area contributed by atoms with Gasteiger partial charge >= 0.3 is 0 Å². The predicted octanol–water partition coefficient (Wildman–Crippen LogP) is 3.38. The molecule has 7 heteroatoms. The van der Waals surface area contributed by atoms with Crippen molar-refractivity contribution in [3.8, 4) is 11.4 Å². The number of halogens is 1. The number of aryl methyl sites for hydroxylation is 2. The Balaban J connectivity index is 1.61. The Labute approximate surface area is 168 Å². The fourth-order valence-corrected chi connectivity index (χ4v) is 3.83. The summed E-state index contributed by atoms with van der Waals surface area (Å²) in [5.74, 6) is 0.321. The van der Waals surface area contributed by atoms with Gasteiger partial charge in [0.05, 0.1) is 17.1 Å². The van der Waals surface area contributed by atoms with Crippen molar-refractivity contribution < 1.29 is 13.9 Å². The topological polar surface area (TPSA) is 82.2 Å². The molecule has 1 saturated heterocycles. The van der Waals surface area contributed by atoms with Gasteiger partial charge in [-0.25, -0.2) is 9.37 Å². The monoisotopic (exact) mass is 396 g/mol. The van der Waals surface area contributed by atoms with Crippen LogP contribution in [0.5, 0.6) is 0 Å². The number of aromatic nitrogens is 2. The lowest BCUT2D eigenvalue weighted by atomic mass is 9.91. The maximum Gasteiger partial charge on any atom is 0.241 e. The zero-order valence-corrected chi connectivity index (χ0v) is 16.6. The summed E-state index contributed by atoms with van der Waals surface area (Å²) in [5.41, 5.74) is 10.1. The lowest BCUT2D eigenvalue weighted by molar-refractivity contribution is -0.119. The first-order valence-electron chi connectivity index (χ1n) is 9.81. The van der Waals surface area contributed by atoms with E-state index in [1.165, 1.54) is 12.1 Å². The molecule has 152 valence electrons. The third-order valence-electron chi connectivity index (χ3n) is 5.67. The van der Waals surface area contributed by atoms with Crippen LogP contribution >= 0.6 is 0 Å². The Morgan fingerprint density at radius 2 is 2.03 bits per heavy atom. The molecule has 4 rings (SSSR count). The van der Waals surface area contributed by atoms with Crippen LogP contribution in [0.4, 0.5) is 10.1 Å². The van der Waals surface area contributed by atoms with E-state index in [1.54, 1.807) is 6.07 Å². The molecule has 0 saturated carbocycles. The fourth-order valence-electron chi connectivity index (χ4n) is 3.83. The summed E-state index contributed by atoms with van der Waals surface area (Å²) in [6, 6.07) is 9.76. The maximum absolute atomic E-state index is 13.6. The molecule has 0 aliphatic carbocycles. The molecule has 1 atom stereocenters. The molecule has 1 unspecified atom stereocenters. The lowest BCUT2D eigenvalue weighted by Gasteiger charge is -2.27. The standard InChI is InChI=1S/C22H25FN4O2/c1-13-3-4-15(21-25-18-12-16(23)5-6-19(18)27(21)2)11-17(13)26-22(28)20(24)14-7-9-29-10-8-14/h3-6,11-12,14,20H,7-10,24H2,1-2H3,(H,26,28). The second-order valence-electron chi connectivity index (χ2n) is 7.62. The van der Waals surface area contributed by atoms with Crippen LogP contribution in [0.1, 0.15) is 18.4 Å². The zero-order chi connectivity index (χ0) is 20.5. The molecule has 2 heterocycles. The van der Waals surface area contributed by atoms with Crippen LogP contribution < -0.4 is 11.1 Å². The molecule has 1 aliphatic heterocycles. The van der Waals surface area contributed by atoms with Crippen molar-refractivity contribution in [1.82, 2.24) is 9.55 Å². The number of anilines is 1. The number of carbonyl (C=O) groups excluding carboxylic acids is 1. The number of amides is 1. The number of hydrogen-bond acceptors (Lipinski definition) is 4. The Morgan fingerprint density at radius 3 is 2.79 bits per heavy atom. The number of nitrogens with two attached hydrogens (primary N) is 1. The smallest absolute Gasteiger partial charge is 0.241 e. The molecule has 1 fully saturated rings. The molecular formula is C22H25FN4O2. The first-order chi connectivity index (χ1) is 13.9. The van der Waals surface area contributed by atoms with Gasteiger partial charge in [0.1, 0.15) is 11.6 Å². The average molecular weight is 396 g/mol. The number of hydrogen-bond donors (Lipinski definition) is 2. The minimum atomic E-state index is -0.569. The molecule has 2 aromatic carbocycles. The number of nitrogens with zero attached hydrogens (tertiary/aromatic N) is 2. The molecule has 0 bridgehead atoms. The van der Waals surface area contributed by atoms with E-state index in [0.717, 1.165) is 29.5 Å². The van der Waals surface area contributed by atoms with Gasteiger partial charge < -0.3 is 20.4 Å². The SMILES string of the molecule is Cc1ccc(-c2nc3cc(F)ccc3n2C)cc1NC(=O)C(N)C1CCOCC1. The molecule has 3 aromatic rings. The third kappa shape index (κ3) is 3.88. The van der Waals surface area contributed by atoms with E-state index >= 15 is 0 Å². The van der Waals surface area contributed by atoms with Gasteiger partial charge in [0.25, 0.3) is 0 Å². The number of ether oxygens (including phenoxy) is 1. The highest BCUT2D eigenvalue weighted by molar-refractivity contribution is 5.96. The molecular weight excluding hydrogens is 371 g/mol. The number of fused-ring (bicyclic) bond motifs is 1. The summed E-state index contributed by atoms with van der Waals surface area (Å²) in [5, 5.41) is 2.98. The van der Waals surface area contributed by atoms with Crippen molar-refractivity contribution in [2.45, 2.75) is 25.8 Å². The van der Waals surface area contributed by atoms with E-state index in [9.17, 15) is 9.18 Å². The fraction of sp³-hybridized carbons (Fsp3) is 0.364. The summed E-state index contributed by atoms with van der Waals surface area (Å²) in [6.45, 7) is 3.23. The van der Waals surface area contributed by atoms with Crippen molar-refractivity contribution in [2.24, 2.45) is 18.7 Å². The molecule has 6 nitrogen and oxygen atoms in total. The van der Waals surface area contributed by atoms with Gasteiger partial charge in [-0.05, 0) is 49.4 Å². The van der Waals surface area contributed by atoms with E-state index in [1.807, 2.05) is 36.7 Å². The highest BCUT2D eigenvalue weighted by atomic mass is 19.1. The zero-order valence-electron chi connectivity index (χ0n) is 16.6. The van der Waals surface area contributed by atoms with Gasteiger partial charge in [0, 0.05) is 37.6 Å². The quantitative estimate of drug-likeness (QED) is 0.708. The van der Waals surface area contributed by atoms with Crippen LogP contribution in [0, 0.1) is 18.7 Å². The summed E-state index contributed by atoms with van der Waals surface area (Å²) < 4.78 is 20.8. The Morgan fingerprint density at radius 1 is 1.28 bits per heavy atom. The van der Waals surface area contributed by atoms with Gasteiger partial charge in [-0.3, -0.25) is 4.79 Å². The highest BCUT2D eigenvalue weighted by Gasteiger charge is 2.27. The van der Waals surface area contributed by atoms with E-state index in [2.05, 4.69) is 10.3 Å². The summed E-state index contributed by atoms with van der Waals surface area (Å²) in [6.07, 6.45) is 1.59. The lowest BCUT2D eigenvalue weighted by Crippen LogP contribution is -2.44. The Hall–Kier alpha value is -2.77. The molecule has 1 aromatic heterocycles. The largest absolute Gasteiger partial charge is 0.381 e. The summed E-state index contributed by atoms with van der Waals surface area (Å²) in [7, 11) is 1.89. The predicted molar refractivity (Wildman–Crippen MR) is 111 cm³/mol. The summed E-state index contributed by atoms with van der Waals surface area (Å²) in [4.78, 5) is 17.3. The minimum Gasteiger partial charge on any atom is -0.381 e.